The third-order valence-electron chi connectivity index (χ3n) is 4.41. The van der Waals surface area contributed by atoms with Gasteiger partial charge in [0, 0.05) is 24.8 Å². The van der Waals surface area contributed by atoms with E-state index in [1.54, 1.807) is 17.0 Å². The molecule has 0 bridgehead atoms. The van der Waals surface area contributed by atoms with E-state index in [-0.39, 0.29) is 10.9 Å². The molecule has 0 spiro atoms. The van der Waals surface area contributed by atoms with E-state index in [2.05, 4.69) is 4.98 Å². The van der Waals surface area contributed by atoms with Gasteiger partial charge in [-0.1, -0.05) is 23.7 Å². The topological polar surface area (TPSA) is 96.3 Å². The third-order valence-corrected chi connectivity index (χ3v) is 4.69. The molecule has 1 aromatic heterocycles. The largest absolute Gasteiger partial charge is 0.366 e. The lowest BCUT2D eigenvalue weighted by atomic mass is 9.97. The number of benzene rings is 1. The molecule has 1 aliphatic heterocycles. The van der Waals surface area contributed by atoms with Crippen LogP contribution in [0.1, 0.15) is 32.7 Å². The van der Waals surface area contributed by atoms with E-state index in [0.717, 1.165) is 18.4 Å². The van der Waals surface area contributed by atoms with Gasteiger partial charge in [-0.25, -0.2) is 0 Å². The Bertz CT molecular complexity index is 878. The van der Waals surface area contributed by atoms with Crippen molar-refractivity contribution < 1.29 is 9.59 Å². The third kappa shape index (κ3) is 3.91. The van der Waals surface area contributed by atoms with Gasteiger partial charge in [0.2, 0.25) is 5.91 Å². The van der Waals surface area contributed by atoms with E-state index in [1.165, 1.54) is 12.3 Å². The number of halogens is 1. The minimum Gasteiger partial charge on any atom is -0.366 e. The van der Waals surface area contributed by atoms with Crippen molar-refractivity contribution >= 4 is 23.4 Å². The zero-order chi connectivity index (χ0) is 18.0. The SMILES string of the molecule is NC(=O)c1cccc(CC2CCN(C(=O)c3c[nH]c(=O)c(Cl)c3)C2)c1. The maximum Gasteiger partial charge on any atom is 0.266 e. The van der Waals surface area contributed by atoms with Gasteiger partial charge >= 0.3 is 0 Å². The van der Waals surface area contributed by atoms with Crippen LogP contribution in [-0.4, -0.2) is 34.8 Å². The predicted molar refractivity (Wildman–Crippen MR) is 94.7 cm³/mol. The molecule has 1 aromatic carbocycles. The van der Waals surface area contributed by atoms with Gasteiger partial charge < -0.3 is 15.6 Å². The van der Waals surface area contributed by atoms with E-state index in [9.17, 15) is 14.4 Å². The van der Waals surface area contributed by atoms with Crippen LogP contribution in [0.5, 0.6) is 0 Å². The molecule has 0 saturated carbocycles. The summed E-state index contributed by atoms with van der Waals surface area (Å²) in [6, 6.07) is 8.66. The fraction of sp³-hybridized carbons (Fsp3) is 0.278. The smallest absolute Gasteiger partial charge is 0.266 e. The molecule has 130 valence electrons. The Kier molecular flexibility index (Phi) is 4.90. The van der Waals surface area contributed by atoms with Crippen molar-refractivity contribution in [2.75, 3.05) is 13.1 Å². The first-order valence-electron chi connectivity index (χ1n) is 8.00. The van der Waals surface area contributed by atoms with Crippen LogP contribution in [0.3, 0.4) is 0 Å². The van der Waals surface area contributed by atoms with Crippen LogP contribution < -0.4 is 11.3 Å². The summed E-state index contributed by atoms with van der Waals surface area (Å²) in [4.78, 5) is 39.3. The number of pyridine rings is 1. The second-order valence-electron chi connectivity index (χ2n) is 6.24. The first kappa shape index (κ1) is 17.2. The lowest BCUT2D eigenvalue weighted by Crippen LogP contribution is -2.29. The van der Waals surface area contributed by atoms with Gasteiger partial charge in [-0.05, 0) is 42.5 Å². The summed E-state index contributed by atoms with van der Waals surface area (Å²) < 4.78 is 0. The molecule has 1 saturated heterocycles. The first-order valence-corrected chi connectivity index (χ1v) is 8.38. The van der Waals surface area contributed by atoms with E-state index in [0.29, 0.717) is 30.1 Å². The van der Waals surface area contributed by atoms with Crippen LogP contribution in [0, 0.1) is 5.92 Å². The standard InChI is InChI=1S/C18H18ClN3O3/c19-15-8-14(9-21-17(15)24)18(25)22-5-4-12(10-22)6-11-2-1-3-13(7-11)16(20)23/h1-3,7-9,12H,4-6,10H2,(H2,20,23)(H,21,24). The Morgan fingerprint density at radius 3 is 2.80 bits per heavy atom. The van der Waals surface area contributed by atoms with Crippen molar-refractivity contribution in [2.45, 2.75) is 12.8 Å². The number of H-pyrrole nitrogens is 1. The van der Waals surface area contributed by atoms with Crippen LogP contribution in [0.15, 0.2) is 41.3 Å². The average Bonchev–Trinajstić information content (AvgIpc) is 3.05. The second-order valence-corrected chi connectivity index (χ2v) is 6.65. The average molecular weight is 360 g/mol. The zero-order valence-corrected chi connectivity index (χ0v) is 14.3. The number of carbonyl (C=O) groups excluding carboxylic acids is 2. The Balaban J connectivity index is 1.66. The highest BCUT2D eigenvalue weighted by Crippen LogP contribution is 2.23. The van der Waals surface area contributed by atoms with Crippen LogP contribution in [-0.2, 0) is 6.42 Å². The monoisotopic (exact) mass is 359 g/mol. The summed E-state index contributed by atoms with van der Waals surface area (Å²) in [7, 11) is 0. The molecule has 1 unspecified atom stereocenters. The number of nitrogens with zero attached hydrogens (tertiary/aromatic N) is 1. The summed E-state index contributed by atoms with van der Waals surface area (Å²) in [5.41, 5.74) is 6.80. The normalized spacial score (nSPS) is 16.8. The zero-order valence-electron chi connectivity index (χ0n) is 13.5. The molecule has 25 heavy (non-hydrogen) atoms. The Morgan fingerprint density at radius 1 is 1.28 bits per heavy atom. The highest BCUT2D eigenvalue weighted by molar-refractivity contribution is 6.30. The van der Waals surface area contributed by atoms with E-state index < -0.39 is 11.5 Å². The van der Waals surface area contributed by atoms with Crippen LogP contribution in [0.4, 0.5) is 0 Å². The molecule has 1 atom stereocenters. The number of hydrogen-bond acceptors (Lipinski definition) is 3. The van der Waals surface area contributed by atoms with Crippen LogP contribution >= 0.6 is 11.6 Å². The summed E-state index contributed by atoms with van der Waals surface area (Å²) in [5.74, 6) is -0.281. The molecule has 7 heteroatoms. The van der Waals surface area contributed by atoms with Gasteiger partial charge in [0.25, 0.3) is 11.5 Å². The lowest BCUT2D eigenvalue weighted by Gasteiger charge is -2.17. The summed E-state index contributed by atoms with van der Waals surface area (Å²) in [5, 5.41) is 0.00450. The number of nitrogens with one attached hydrogen (secondary N) is 1. The number of primary amides is 1. The predicted octanol–water partition coefficient (Wildman–Crippen LogP) is 1.83. The van der Waals surface area contributed by atoms with Crippen molar-refractivity contribution in [2.24, 2.45) is 11.7 Å². The molecule has 0 aliphatic carbocycles. The Morgan fingerprint density at radius 2 is 2.08 bits per heavy atom. The van der Waals surface area contributed by atoms with Crippen molar-refractivity contribution in [1.82, 2.24) is 9.88 Å². The molecule has 0 radical (unpaired) electrons. The number of aromatic nitrogens is 1. The maximum atomic E-state index is 12.5. The highest BCUT2D eigenvalue weighted by Gasteiger charge is 2.27. The minimum absolute atomic E-state index is 0.00450. The summed E-state index contributed by atoms with van der Waals surface area (Å²) in [6.07, 6.45) is 3.04. The fourth-order valence-electron chi connectivity index (χ4n) is 3.13. The number of carbonyl (C=O) groups is 2. The molecule has 6 nitrogen and oxygen atoms in total. The lowest BCUT2D eigenvalue weighted by molar-refractivity contribution is 0.0786. The number of hydrogen-bond donors (Lipinski definition) is 2. The molecule has 2 aromatic rings. The number of rotatable bonds is 4. The molecule has 3 N–H and O–H groups in total. The molecular weight excluding hydrogens is 342 g/mol. The Hall–Kier alpha value is -2.60. The van der Waals surface area contributed by atoms with Crippen LogP contribution in [0.25, 0.3) is 0 Å². The maximum absolute atomic E-state index is 12.5. The van der Waals surface area contributed by atoms with Crippen molar-refractivity contribution in [1.29, 1.82) is 0 Å². The number of amides is 2. The van der Waals surface area contributed by atoms with Crippen molar-refractivity contribution in [3.63, 3.8) is 0 Å². The number of nitrogens with two attached hydrogens (primary N) is 1. The number of likely N-dealkylation sites (tertiary alicyclic amines) is 1. The van der Waals surface area contributed by atoms with Gasteiger partial charge in [-0.3, -0.25) is 14.4 Å². The summed E-state index contributed by atoms with van der Waals surface area (Å²) in [6.45, 7) is 1.27. The molecule has 1 fully saturated rings. The van der Waals surface area contributed by atoms with E-state index in [1.807, 2.05) is 12.1 Å². The number of aromatic amines is 1. The van der Waals surface area contributed by atoms with Crippen molar-refractivity contribution in [3.05, 3.63) is 68.6 Å². The van der Waals surface area contributed by atoms with Gasteiger partial charge in [0.15, 0.2) is 0 Å². The van der Waals surface area contributed by atoms with E-state index in [4.69, 9.17) is 17.3 Å². The van der Waals surface area contributed by atoms with Gasteiger partial charge in [-0.2, -0.15) is 0 Å². The molecule has 2 heterocycles. The van der Waals surface area contributed by atoms with E-state index >= 15 is 0 Å². The van der Waals surface area contributed by atoms with Gasteiger partial charge in [0.1, 0.15) is 5.02 Å². The quantitative estimate of drug-likeness (QED) is 0.871. The van der Waals surface area contributed by atoms with Gasteiger partial charge in [-0.15, -0.1) is 0 Å². The Labute approximate surface area is 149 Å². The van der Waals surface area contributed by atoms with Crippen molar-refractivity contribution in [3.8, 4) is 0 Å². The molecule has 3 rings (SSSR count). The first-order chi connectivity index (χ1) is 11.9. The minimum atomic E-state index is -0.444. The summed E-state index contributed by atoms with van der Waals surface area (Å²) >= 11 is 5.79. The molecule has 1 aliphatic rings. The fourth-order valence-corrected chi connectivity index (χ4v) is 3.30. The molecular formula is C18H18ClN3O3. The highest BCUT2D eigenvalue weighted by atomic mass is 35.5. The van der Waals surface area contributed by atoms with Crippen LogP contribution in [0.2, 0.25) is 5.02 Å². The van der Waals surface area contributed by atoms with Gasteiger partial charge in [0.05, 0.1) is 5.56 Å². The molecule has 2 amide bonds. The second kappa shape index (κ2) is 7.11.